The van der Waals surface area contributed by atoms with E-state index in [1.165, 1.54) is 0 Å². The van der Waals surface area contributed by atoms with E-state index in [0.29, 0.717) is 29.4 Å². The Morgan fingerprint density at radius 2 is 1.65 bits per heavy atom. The summed E-state index contributed by atoms with van der Waals surface area (Å²) in [5, 5.41) is 11.6. The maximum atomic E-state index is 12.6. The predicted octanol–water partition coefficient (Wildman–Crippen LogP) is 4.17. The Hall–Kier alpha value is -3.53. The van der Waals surface area contributed by atoms with Crippen LogP contribution in [0.15, 0.2) is 53.1 Å². The normalized spacial score (nSPS) is 18.1. The van der Waals surface area contributed by atoms with Gasteiger partial charge in [0.15, 0.2) is 11.3 Å². The number of carbonyl (C=O) groups excluding carboxylic acids is 1. The molecule has 9 heteroatoms. The van der Waals surface area contributed by atoms with E-state index in [-0.39, 0.29) is 12.1 Å². The van der Waals surface area contributed by atoms with Crippen LogP contribution in [0.2, 0.25) is 0 Å². The molecule has 2 aliphatic rings. The van der Waals surface area contributed by atoms with Gasteiger partial charge in [-0.15, -0.1) is 0 Å². The molecule has 4 aromatic rings. The molecule has 2 aromatic carbocycles. The third kappa shape index (κ3) is 5.29. The largest absolute Gasteiger partial charge is 0.493 e. The summed E-state index contributed by atoms with van der Waals surface area (Å²) in [6, 6.07) is 13.8. The molecule has 9 nitrogen and oxygen atoms in total. The first-order chi connectivity index (χ1) is 19.5. The first-order valence-electron chi connectivity index (χ1n) is 14.2. The van der Waals surface area contributed by atoms with E-state index < -0.39 is 5.91 Å². The average Bonchev–Trinajstić information content (AvgIpc) is 3.58. The van der Waals surface area contributed by atoms with Crippen molar-refractivity contribution in [1.82, 2.24) is 14.4 Å². The van der Waals surface area contributed by atoms with Crippen molar-refractivity contribution in [2.24, 2.45) is 5.73 Å². The van der Waals surface area contributed by atoms with Crippen molar-refractivity contribution >= 4 is 27.8 Å². The summed E-state index contributed by atoms with van der Waals surface area (Å²) < 4.78 is 19.6. The van der Waals surface area contributed by atoms with Gasteiger partial charge in [-0.2, -0.15) is 0 Å². The number of aliphatic hydroxyl groups excluding tert-OH is 1. The van der Waals surface area contributed by atoms with Gasteiger partial charge in [0.05, 0.1) is 25.0 Å². The number of nitrogens with zero attached hydrogens (tertiary/aromatic N) is 3. The second-order valence-corrected chi connectivity index (χ2v) is 11.0. The summed E-state index contributed by atoms with van der Waals surface area (Å²) in [6.07, 6.45) is 5.22. The lowest BCUT2D eigenvalue weighted by molar-refractivity contribution is 0.0733. The highest BCUT2D eigenvalue weighted by atomic mass is 16.5. The molecular formula is C31H38N4O5. The van der Waals surface area contributed by atoms with E-state index in [2.05, 4.69) is 14.4 Å². The number of nitrogens with two attached hydrogens (primary N) is 1. The molecule has 0 radical (unpaired) electrons. The third-order valence-electron chi connectivity index (χ3n) is 8.55. The number of primary amides is 1. The number of likely N-dealkylation sites (tertiary alicyclic amines) is 2. The highest BCUT2D eigenvalue weighted by molar-refractivity contribution is 6.00. The van der Waals surface area contributed by atoms with Crippen LogP contribution in [0.5, 0.6) is 11.5 Å². The number of para-hydroxylation sites is 1. The van der Waals surface area contributed by atoms with Crippen LogP contribution in [0.25, 0.3) is 21.9 Å². The lowest BCUT2D eigenvalue weighted by atomic mass is 10.0. The first-order valence-corrected chi connectivity index (χ1v) is 14.2. The van der Waals surface area contributed by atoms with Gasteiger partial charge >= 0.3 is 0 Å². The van der Waals surface area contributed by atoms with Crippen molar-refractivity contribution < 1.29 is 23.8 Å². The van der Waals surface area contributed by atoms with Gasteiger partial charge in [0.25, 0.3) is 5.91 Å². The van der Waals surface area contributed by atoms with Crippen molar-refractivity contribution in [1.29, 1.82) is 0 Å². The van der Waals surface area contributed by atoms with Gasteiger partial charge in [0.2, 0.25) is 0 Å². The lowest BCUT2D eigenvalue weighted by Crippen LogP contribution is -2.43. The smallest absolute Gasteiger partial charge is 0.265 e. The Kier molecular flexibility index (Phi) is 7.69. The number of methoxy groups -OCH3 is 1. The Balaban J connectivity index is 1.17. The summed E-state index contributed by atoms with van der Waals surface area (Å²) in [5.74, 6) is 0.969. The number of ether oxygens (including phenoxy) is 2. The van der Waals surface area contributed by atoms with Crippen LogP contribution < -0.4 is 15.2 Å². The molecule has 40 heavy (non-hydrogen) atoms. The van der Waals surface area contributed by atoms with Crippen LogP contribution in [-0.2, 0) is 6.61 Å². The molecule has 1 amide bonds. The van der Waals surface area contributed by atoms with Crippen LogP contribution in [-0.4, -0.2) is 77.9 Å². The molecule has 2 aromatic heterocycles. The first kappa shape index (κ1) is 26.7. The SMILES string of the molecule is COc1cccc2c(COc3cccc4c3cc(C(N)=O)n4C3CCN(CCN4CCC(O)CC4)CC3)coc12. The topological polar surface area (TPSA) is 106 Å². The molecule has 2 saturated heterocycles. The Morgan fingerprint density at radius 1 is 0.975 bits per heavy atom. The minimum Gasteiger partial charge on any atom is -0.493 e. The number of hydrogen-bond donors (Lipinski definition) is 2. The van der Waals surface area contributed by atoms with Crippen LogP contribution in [0, 0.1) is 0 Å². The number of piperidine rings is 2. The maximum absolute atomic E-state index is 12.6. The number of furan rings is 1. The number of hydrogen-bond acceptors (Lipinski definition) is 7. The Labute approximate surface area is 234 Å². The number of rotatable bonds is 9. The van der Waals surface area contributed by atoms with Crippen molar-refractivity contribution in [3.63, 3.8) is 0 Å². The molecule has 0 saturated carbocycles. The van der Waals surface area contributed by atoms with Gasteiger partial charge in [0, 0.05) is 61.6 Å². The van der Waals surface area contributed by atoms with Crippen molar-refractivity contribution in [3.05, 3.63) is 60.0 Å². The molecule has 4 heterocycles. The van der Waals surface area contributed by atoms with E-state index in [1.807, 2.05) is 42.5 Å². The average molecular weight is 547 g/mol. The summed E-state index contributed by atoms with van der Waals surface area (Å²) in [6.45, 7) is 6.30. The van der Waals surface area contributed by atoms with Crippen molar-refractivity contribution in [3.8, 4) is 11.5 Å². The molecule has 2 aliphatic heterocycles. The zero-order valence-electron chi connectivity index (χ0n) is 23.1. The summed E-state index contributed by atoms with van der Waals surface area (Å²) in [4.78, 5) is 17.5. The number of amides is 1. The van der Waals surface area contributed by atoms with Crippen LogP contribution in [0.3, 0.4) is 0 Å². The van der Waals surface area contributed by atoms with Gasteiger partial charge in [-0.05, 0) is 49.9 Å². The van der Waals surface area contributed by atoms with Gasteiger partial charge in [0.1, 0.15) is 18.1 Å². The van der Waals surface area contributed by atoms with E-state index >= 15 is 0 Å². The van der Waals surface area contributed by atoms with Crippen molar-refractivity contribution in [2.45, 2.75) is 44.4 Å². The quantitative estimate of drug-likeness (QED) is 0.325. The summed E-state index contributed by atoms with van der Waals surface area (Å²) in [5.41, 5.74) is 9.00. The van der Waals surface area contributed by atoms with E-state index in [0.717, 1.165) is 86.8 Å². The number of aliphatic hydroxyl groups is 1. The standard InChI is InChI=1S/C31H38N4O5/c1-38-29-7-2-4-24-21(20-40-30(24)29)19-39-28-6-3-5-26-25(28)18-27(31(32)37)35(26)22-8-12-33(13-9-22)16-17-34-14-10-23(36)11-15-34/h2-7,18,20,22-23,36H,8-17,19H2,1H3,(H2,32,37). The summed E-state index contributed by atoms with van der Waals surface area (Å²) >= 11 is 0. The lowest BCUT2D eigenvalue weighted by Gasteiger charge is -2.36. The number of aromatic nitrogens is 1. The van der Waals surface area contributed by atoms with Crippen LogP contribution in [0.4, 0.5) is 0 Å². The van der Waals surface area contributed by atoms with Gasteiger partial charge in [-0.1, -0.05) is 18.2 Å². The zero-order chi connectivity index (χ0) is 27.6. The molecule has 3 N–H and O–H groups in total. The van der Waals surface area contributed by atoms with Gasteiger partial charge in [-0.25, -0.2) is 0 Å². The maximum Gasteiger partial charge on any atom is 0.265 e. The minimum absolute atomic E-state index is 0.136. The molecule has 6 rings (SSSR count). The molecular weight excluding hydrogens is 508 g/mol. The molecule has 0 bridgehead atoms. The highest BCUT2D eigenvalue weighted by Gasteiger charge is 2.27. The second kappa shape index (κ2) is 11.5. The van der Waals surface area contributed by atoms with Gasteiger partial charge < -0.3 is 39.1 Å². The minimum atomic E-state index is -0.426. The summed E-state index contributed by atoms with van der Waals surface area (Å²) in [7, 11) is 1.63. The monoisotopic (exact) mass is 546 g/mol. The van der Waals surface area contributed by atoms with E-state index in [4.69, 9.17) is 19.6 Å². The molecule has 212 valence electrons. The Bertz CT molecular complexity index is 1480. The fourth-order valence-corrected chi connectivity index (χ4v) is 6.27. The Morgan fingerprint density at radius 3 is 2.35 bits per heavy atom. The van der Waals surface area contributed by atoms with E-state index in [1.54, 1.807) is 13.4 Å². The predicted molar refractivity (Wildman–Crippen MR) is 154 cm³/mol. The third-order valence-corrected chi connectivity index (χ3v) is 8.55. The highest BCUT2D eigenvalue weighted by Crippen LogP contribution is 2.36. The molecule has 0 atom stereocenters. The number of fused-ring (bicyclic) bond motifs is 2. The molecule has 0 aliphatic carbocycles. The molecule has 0 unspecified atom stereocenters. The second-order valence-electron chi connectivity index (χ2n) is 11.0. The zero-order valence-corrected chi connectivity index (χ0v) is 23.1. The molecule has 0 spiro atoms. The fraction of sp³-hybridized carbons (Fsp3) is 0.452. The van der Waals surface area contributed by atoms with Gasteiger partial charge in [-0.3, -0.25) is 4.79 Å². The number of benzene rings is 2. The van der Waals surface area contributed by atoms with E-state index in [9.17, 15) is 9.90 Å². The molecule has 2 fully saturated rings. The van der Waals surface area contributed by atoms with Crippen LogP contribution >= 0.6 is 0 Å². The van der Waals surface area contributed by atoms with Crippen LogP contribution in [0.1, 0.15) is 47.8 Å². The van der Waals surface area contributed by atoms with Crippen molar-refractivity contribution in [2.75, 3.05) is 46.4 Å². The fourth-order valence-electron chi connectivity index (χ4n) is 6.27. The number of carbonyl (C=O) groups is 1.